The van der Waals surface area contributed by atoms with E-state index in [-0.39, 0.29) is 11.3 Å². The zero-order valence-electron chi connectivity index (χ0n) is 11.8. The maximum absolute atomic E-state index is 6.36. The normalized spacial score (nSPS) is 14.0. The Kier molecular flexibility index (Phi) is 5.53. The second-order valence-corrected chi connectivity index (χ2v) is 6.49. The van der Waals surface area contributed by atoms with Crippen LogP contribution in [0.4, 0.5) is 0 Å². The van der Waals surface area contributed by atoms with Gasteiger partial charge in [0.05, 0.1) is 5.25 Å². The lowest BCUT2D eigenvalue weighted by atomic mass is 10.0. The van der Waals surface area contributed by atoms with E-state index >= 15 is 0 Å². The first-order valence-corrected chi connectivity index (χ1v) is 8.11. The van der Waals surface area contributed by atoms with Gasteiger partial charge in [-0.25, -0.2) is 0 Å². The minimum Gasteiger partial charge on any atom is -0.326 e. The number of benzene rings is 2. The number of aryl methyl sites for hydroxylation is 1. The molecule has 2 aromatic carbocycles. The zero-order valence-corrected chi connectivity index (χ0v) is 13.4. The van der Waals surface area contributed by atoms with Crippen molar-refractivity contribution in [1.29, 1.82) is 0 Å². The lowest BCUT2D eigenvalue weighted by molar-refractivity contribution is 0.634. The standard InChI is InChI=1S/C17H20ClNS/c1-3-15(19)17(13-9-5-6-10-14(13)18)20-16-11-7-4-8-12(16)2/h4-11,15,17H,3,19H2,1-2H3. The molecule has 0 aliphatic carbocycles. The molecular weight excluding hydrogens is 286 g/mol. The van der Waals surface area contributed by atoms with Crippen molar-refractivity contribution in [2.75, 3.05) is 0 Å². The highest BCUT2D eigenvalue weighted by Gasteiger charge is 2.22. The molecule has 2 atom stereocenters. The first kappa shape index (κ1) is 15.4. The van der Waals surface area contributed by atoms with Crippen molar-refractivity contribution < 1.29 is 0 Å². The topological polar surface area (TPSA) is 26.0 Å². The third-order valence-corrected chi connectivity index (χ3v) is 5.33. The molecule has 2 N–H and O–H groups in total. The van der Waals surface area contributed by atoms with Gasteiger partial charge in [-0.05, 0) is 36.6 Å². The van der Waals surface area contributed by atoms with Crippen molar-refractivity contribution >= 4 is 23.4 Å². The van der Waals surface area contributed by atoms with Crippen LogP contribution in [0.15, 0.2) is 53.4 Å². The summed E-state index contributed by atoms with van der Waals surface area (Å²) in [4.78, 5) is 1.27. The van der Waals surface area contributed by atoms with Crippen LogP contribution in [0.2, 0.25) is 5.02 Å². The quantitative estimate of drug-likeness (QED) is 0.766. The first-order chi connectivity index (χ1) is 9.63. The summed E-state index contributed by atoms with van der Waals surface area (Å²) in [5.41, 5.74) is 8.73. The molecule has 2 rings (SSSR count). The van der Waals surface area contributed by atoms with Crippen LogP contribution in [-0.4, -0.2) is 6.04 Å². The van der Waals surface area contributed by atoms with Gasteiger partial charge < -0.3 is 5.73 Å². The molecule has 106 valence electrons. The van der Waals surface area contributed by atoms with Gasteiger partial charge in [0.2, 0.25) is 0 Å². The Balaban J connectivity index is 2.35. The molecule has 0 bridgehead atoms. The van der Waals surface area contributed by atoms with Crippen molar-refractivity contribution in [3.63, 3.8) is 0 Å². The zero-order chi connectivity index (χ0) is 14.5. The highest BCUT2D eigenvalue weighted by molar-refractivity contribution is 7.99. The van der Waals surface area contributed by atoms with E-state index in [1.807, 2.05) is 18.2 Å². The molecule has 0 aromatic heterocycles. The van der Waals surface area contributed by atoms with Gasteiger partial charge in [0, 0.05) is 16.0 Å². The minimum absolute atomic E-state index is 0.0829. The molecule has 0 radical (unpaired) electrons. The minimum atomic E-state index is 0.0829. The summed E-state index contributed by atoms with van der Waals surface area (Å²) in [6.07, 6.45) is 0.925. The fourth-order valence-corrected chi connectivity index (χ4v) is 3.83. The predicted octanol–water partition coefficient (Wildman–Crippen LogP) is 5.22. The van der Waals surface area contributed by atoms with Crippen LogP contribution >= 0.6 is 23.4 Å². The maximum atomic E-state index is 6.36. The number of hydrogen-bond donors (Lipinski definition) is 1. The summed E-state index contributed by atoms with van der Waals surface area (Å²) >= 11 is 8.16. The lowest BCUT2D eigenvalue weighted by Crippen LogP contribution is -2.25. The number of hydrogen-bond acceptors (Lipinski definition) is 2. The summed E-state index contributed by atoms with van der Waals surface area (Å²) < 4.78 is 0. The first-order valence-electron chi connectivity index (χ1n) is 6.85. The van der Waals surface area contributed by atoms with E-state index in [4.69, 9.17) is 17.3 Å². The van der Waals surface area contributed by atoms with E-state index in [9.17, 15) is 0 Å². The van der Waals surface area contributed by atoms with E-state index in [0.717, 1.165) is 17.0 Å². The molecule has 0 amide bonds. The number of rotatable bonds is 5. The van der Waals surface area contributed by atoms with Gasteiger partial charge in [-0.3, -0.25) is 0 Å². The molecule has 2 aromatic rings. The molecule has 2 unspecified atom stereocenters. The van der Waals surface area contributed by atoms with Gasteiger partial charge in [-0.15, -0.1) is 11.8 Å². The number of nitrogens with two attached hydrogens (primary N) is 1. The van der Waals surface area contributed by atoms with Crippen LogP contribution in [0.5, 0.6) is 0 Å². The van der Waals surface area contributed by atoms with E-state index in [1.165, 1.54) is 10.5 Å². The van der Waals surface area contributed by atoms with Gasteiger partial charge in [0.15, 0.2) is 0 Å². The maximum Gasteiger partial charge on any atom is 0.0510 e. The second-order valence-electron chi connectivity index (χ2n) is 4.90. The largest absolute Gasteiger partial charge is 0.326 e. The van der Waals surface area contributed by atoms with E-state index in [1.54, 1.807) is 11.8 Å². The van der Waals surface area contributed by atoms with Crippen molar-refractivity contribution in [2.24, 2.45) is 5.73 Å². The summed E-state index contributed by atoms with van der Waals surface area (Å²) in [5, 5.41) is 0.970. The van der Waals surface area contributed by atoms with Crippen LogP contribution in [0.3, 0.4) is 0 Å². The monoisotopic (exact) mass is 305 g/mol. The van der Waals surface area contributed by atoms with Gasteiger partial charge in [0.1, 0.15) is 0 Å². The van der Waals surface area contributed by atoms with E-state index in [0.29, 0.717) is 0 Å². The number of thioether (sulfide) groups is 1. The smallest absolute Gasteiger partial charge is 0.0510 e. The molecule has 0 heterocycles. The second kappa shape index (κ2) is 7.16. The molecular formula is C17H20ClNS. The summed E-state index contributed by atoms with van der Waals surface area (Å²) in [6.45, 7) is 4.25. The Bertz CT molecular complexity index is 570. The molecule has 1 nitrogen and oxygen atoms in total. The van der Waals surface area contributed by atoms with Gasteiger partial charge in [-0.1, -0.05) is 54.9 Å². The van der Waals surface area contributed by atoms with Gasteiger partial charge in [0.25, 0.3) is 0 Å². The third-order valence-electron chi connectivity index (χ3n) is 3.42. The summed E-state index contributed by atoms with van der Waals surface area (Å²) in [7, 11) is 0. The highest BCUT2D eigenvalue weighted by Crippen LogP contribution is 2.41. The Labute approximate surface area is 130 Å². The molecule has 20 heavy (non-hydrogen) atoms. The van der Waals surface area contributed by atoms with Crippen LogP contribution in [0.1, 0.15) is 29.7 Å². The Morgan fingerprint density at radius 3 is 2.40 bits per heavy atom. The number of halogens is 1. The fourth-order valence-electron chi connectivity index (χ4n) is 2.13. The van der Waals surface area contributed by atoms with Crippen LogP contribution in [0.25, 0.3) is 0 Å². The highest BCUT2D eigenvalue weighted by atomic mass is 35.5. The van der Waals surface area contributed by atoms with Gasteiger partial charge in [-0.2, -0.15) is 0 Å². The van der Waals surface area contributed by atoms with E-state index in [2.05, 4.69) is 44.2 Å². The molecule has 0 aliphatic rings. The molecule has 0 fully saturated rings. The van der Waals surface area contributed by atoms with Crippen molar-refractivity contribution in [1.82, 2.24) is 0 Å². The Hall–Kier alpha value is -0.960. The van der Waals surface area contributed by atoms with Crippen molar-refractivity contribution in [3.8, 4) is 0 Å². The fraction of sp³-hybridized carbons (Fsp3) is 0.294. The molecule has 0 saturated carbocycles. The van der Waals surface area contributed by atoms with E-state index < -0.39 is 0 Å². The summed E-state index contributed by atoms with van der Waals surface area (Å²) in [6, 6.07) is 16.5. The van der Waals surface area contributed by atoms with Crippen LogP contribution < -0.4 is 5.73 Å². The predicted molar refractivity (Wildman–Crippen MR) is 89.5 cm³/mol. The summed E-state index contributed by atoms with van der Waals surface area (Å²) in [5.74, 6) is 0. The molecule has 3 heteroatoms. The van der Waals surface area contributed by atoms with Crippen LogP contribution in [0, 0.1) is 6.92 Å². The third kappa shape index (κ3) is 3.57. The SMILES string of the molecule is CCC(N)C(Sc1ccccc1C)c1ccccc1Cl. The van der Waals surface area contributed by atoms with Crippen molar-refractivity contribution in [2.45, 2.75) is 36.5 Å². The Morgan fingerprint density at radius 1 is 1.10 bits per heavy atom. The lowest BCUT2D eigenvalue weighted by Gasteiger charge is -2.24. The average Bonchev–Trinajstić information content (AvgIpc) is 2.47. The molecule has 0 spiro atoms. The Morgan fingerprint density at radius 2 is 1.75 bits per heavy atom. The average molecular weight is 306 g/mol. The van der Waals surface area contributed by atoms with Crippen LogP contribution in [-0.2, 0) is 0 Å². The molecule has 0 saturated heterocycles. The van der Waals surface area contributed by atoms with Crippen molar-refractivity contribution in [3.05, 3.63) is 64.7 Å². The molecule has 0 aliphatic heterocycles. The van der Waals surface area contributed by atoms with Gasteiger partial charge >= 0.3 is 0 Å².